The quantitative estimate of drug-likeness (QED) is 0.682. The van der Waals surface area contributed by atoms with Gasteiger partial charge in [-0.3, -0.25) is 0 Å². The second-order valence-corrected chi connectivity index (χ2v) is 12.3. The van der Waals surface area contributed by atoms with Crippen molar-refractivity contribution in [3.8, 4) is 0 Å². The Bertz CT molecular complexity index is 723. The van der Waals surface area contributed by atoms with Crippen LogP contribution in [0.4, 0.5) is 0 Å². The zero-order chi connectivity index (χ0) is 14.2. The van der Waals surface area contributed by atoms with E-state index in [0.29, 0.717) is 0 Å². The van der Waals surface area contributed by atoms with Gasteiger partial charge >= 0.3 is 0 Å². The Morgan fingerprint density at radius 1 is 0.900 bits per heavy atom. The molecule has 0 spiro atoms. The predicted molar refractivity (Wildman–Crippen MR) is 91.8 cm³/mol. The normalized spacial score (nSPS) is 11.9. The van der Waals surface area contributed by atoms with Gasteiger partial charge in [0.25, 0.3) is 0 Å². The maximum absolute atomic E-state index is 3.33. The number of hydrogen-bond donors (Lipinski definition) is 1. The first-order chi connectivity index (χ1) is 9.54. The van der Waals surface area contributed by atoms with E-state index in [1.807, 2.05) is 11.8 Å². The van der Waals surface area contributed by atoms with Crippen molar-refractivity contribution in [2.45, 2.75) is 29.4 Å². The summed E-state index contributed by atoms with van der Waals surface area (Å²) in [6.45, 7) is 7.15. The summed E-state index contributed by atoms with van der Waals surface area (Å²) in [5.74, 6) is 0. The van der Waals surface area contributed by atoms with Gasteiger partial charge in [0.15, 0.2) is 0 Å². The molecule has 20 heavy (non-hydrogen) atoms. The monoisotopic (exact) mass is 297 g/mol. The third kappa shape index (κ3) is 2.69. The van der Waals surface area contributed by atoms with Crippen LogP contribution in [-0.2, 0) is 0 Å². The summed E-state index contributed by atoms with van der Waals surface area (Å²) in [6, 6.07) is 17.5. The van der Waals surface area contributed by atoms with E-state index in [1.165, 1.54) is 25.9 Å². The summed E-state index contributed by atoms with van der Waals surface area (Å²) in [4.78, 5) is 5.93. The fraction of sp³-hybridized carbons (Fsp3) is 0.176. The van der Waals surface area contributed by atoms with Crippen molar-refractivity contribution >= 4 is 35.9 Å². The molecule has 0 unspecified atom stereocenters. The molecule has 2 aromatic carbocycles. The van der Waals surface area contributed by atoms with Crippen molar-refractivity contribution in [3.05, 3.63) is 54.7 Å². The fourth-order valence-electron chi connectivity index (χ4n) is 2.28. The van der Waals surface area contributed by atoms with Crippen LogP contribution in [0.1, 0.15) is 0 Å². The second kappa shape index (κ2) is 5.15. The van der Waals surface area contributed by atoms with Crippen LogP contribution in [0.3, 0.4) is 0 Å². The largest absolute Gasteiger partial charge is 0.360 e. The molecule has 0 aliphatic carbocycles. The minimum absolute atomic E-state index is 1.19. The zero-order valence-electron chi connectivity index (χ0n) is 12.1. The van der Waals surface area contributed by atoms with Crippen LogP contribution >= 0.6 is 11.8 Å². The Balaban J connectivity index is 1.88. The highest BCUT2D eigenvalue weighted by Crippen LogP contribution is 2.33. The molecule has 0 saturated carbocycles. The fourth-order valence-corrected chi connectivity index (χ4v) is 4.38. The van der Waals surface area contributed by atoms with Crippen LogP contribution in [0.25, 0.3) is 10.9 Å². The summed E-state index contributed by atoms with van der Waals surface area (Å²) in [6.07, 6.45) is 2.10. The topological polar surface area (TPSA) is 15.8 Å². The van der Waals surface area contributed by atoms with Gasteiger partial charge in [-0.25, -0.2) is 0 Å². The van der Waals surface area contributed by atoms with Crippen molar-refractivity contribution in [1.82, 2.24) is 4.98 Å². The molecule has 102 valence electrons. The SMILES string of the molecule is C[Si](C)(C)c1ccc(Sc2c[nH]c3ccccc23)cc1. The average molecular weight is 297 g/mol. The molecule has 0 aliphatic heterocycles. The highest BCUT2D eigenvalue weighted by atomic mass is 32.2. The molecule has 3 aromatic rings. The van der Waals surface area contributed by atoms with Gasteiger partial charge in [0.05, 0.1) is 8.07 Å². The summed E-state index contributed by atoms with van der Waals surface area (Å²) < 4.78 is 0. The summed E-state index contributed by atoms with van der Waals surface area (Å²) in [7, 11) is -1.19. The highest BCUT2D eigenvalue weighted by Gasteiger charge is 2.15. The van der Waals surface area contributed by atoms with Gasteiger partial charge in [-0.1, -0.05) is 66.9 Å². The molecule has 0 saturated heterocycles. The van der Waals surface area contributed by atoms with Crippen LogP contribution in [0.15, 0.2) is 64.5 Å². The molecular weight excluding hydrogens is 278 g/mol. The Morgan fingerprint density at radius 2 is 1.60 bits per heavy atom. The Hall–Kier alpha value is -1.45. The van der Waals surface area contributed by atoms with Crippen molar-refractivity contribution < 1.29 is 0 Å². The van der Waals surface area contributed by atoms with Crippen LogP contribution in [-0.4, -0.2) is 13.1 Å². The molecule has 0 amide bonds. The van der Waals surface area contributed by atoms with Gasteiger partial charge in [0.1, 0.15) is 0 Å². The van der Waals surface area contributed by atoms with E-state index in [1.54, 1.807) is 0 Å². The summed E-state index contributed by atoms with van der Waals surface area (Å²) in [5.41, 5.74) is 1.20. The van der Waals surface area contributed by atoms with Gasteiger partial charge in [0.2, 0.25) is 0 Å². The lowest BCUT2D eigenvalue weighted by Crippen LogP contribution is -2.37. The van der Waals surface area contributed by atoms with Crippen molar-refractivity contribution in [2.24, 2.45) is 0 Å². The molecule has 3 heteroatoms. The molecule has 0 aliphatic rings. The van der Waals surface area contributed by atoms with E-state index in [4.69, 9.17) is 0 Å². The maximum Gasteiger partial charge on any atom is 0.0775 e. The highest BCUT2D eigenvalue weighted by molar-refractivity contribution is 7.99. The number of fused-ring (bicyclic) bond motifs is 1. The van der Waals surface area contributed by atoms with E-state index >= 15 is 0 Å². The number of aromatic nitrogens is 1. The molecule has 0 fully saturated rings. The van der Waals surface area contributed by atoms with Crippen LogP contribution in [0, 0.1) is 0 Å². The van der Waals surface area contributed by atoms with E-state index in [0.717, 1.165) is 0 Å². The second-order valence-electron chi connectivity index (χ2n) is 6.07. The number of nitrogens with one attached hydrogen (secondary N) is 1. The lowest BCUT2D eigenvalue weighted by Gasteiger charge is -2.16. The van der Waals surface area contributed by atoms with Crippen molar-refractivity contribution in [3.63, 3.8) is 0 Å². The van der Waals surface area contributed by atoms with E-state index in [2.05, 4.69) is 79.4 Å². The number of rotatable bonds is 3. The van der Waals surface area contributed by atoms with Gasteiger partial charge in [-0.05, 0) is 18.2 Å². The number of aromatic amines is 1. The third-order valence-corrected chi connectivity index (χ3v) is 6.63. The molecule has 0 atom stereocenters. The van der Waals surface area contributed by atoms with Gasteiger partial charge in [-0.2, -0.15) is 0 Å². The van der Waals surface area contributed by atoms with E-state index in [9.17, 15) is 0 Å². The van der Waals surface area contributed by atoms with Gasteiger partial charge in [-0.15, -0.1) is 0 Å². The number of H-pyrrole nitrogens is 1. The molecule has 1 nitrogen and oxygen atoms in total. The van der Waals surface area contributed by atoms with Crippen LogP contribution in [0.5, 0.6) is 0 Å². The number of hydrogen-bond acceptors (Lipinski definition) is 1. The number of benzene rings is 2. The first-order valence-electron chi connectivity index (χ1n) is 6.88. The third-order valence-electron chi connectivity index (χ3n) is 3.50. The Morgan fingerprint density at radius 3 is 2.30 bits per heavy atom. The van der Waals surface area contributed by atoms with E-state index < -0.39 is 8.07 Å². The first-order valence-corrected chi connectivity index (χ1v) is 11.2. The zero-order valence-corrected chi connectivity index (χ0v) is 13.9. The summed E-state index contributed by atoms with van der Waals surface area (Å²) in [5, 5.41) is 2.81. The minimum atomic E-state index is -1.19. The first kappa shape index (κ1) is 13.5. The molecule has 1 aromatic heterocycles. The molecule has 1 heterocycles. The lowest BCUT2D eigenvalue weighted by molar-refractivity contribution is 1.40. The maximum atomic E-state index is 3.33. The van der Waals surface area contributed by atoms with Crippen molar-refractivity contribution in [2.75, 3.05) is 0 Å². The molecule has 1 N–H and O–H groups in total. The molecule has 3 rings (SSSR count). The Labute approximate surface area is 125 Å². The van der Waals surface area contributed by atoms with Crippen LogP contribution < -0.4 is 5.19 Å². The summed E-state index contributed by atoms with van der Waals surface area (Å²) >= 11 is 1.83. The average Bonchev–Trinajstić information content (AvgIpc) is 2.82. The van der Waals surface area contributed by atoms with E-state index in [-0.39, 0.29) is 0 Å². The Kier molecular flexibility index (Phi) is 3.48. The molecular formula is C17H19NSSi. The predicted octanol–water partition coefficient (Wildman–Crippen LogP) is 4.86. The van der Waals surface area contributed by atoms with Crippen molar-refractivity contribution in [1.29, 1.82) is 0 Å². The standard InChI is InChI=1S/C17H19NSSi/c1-20(2,3)14-10-8-13(9-11-14)19-17-12-18-16-7-5-4-6-15(16)17/h4-12,18H,1-3H3. The molecule has 0 bridgehead atoms. The number of para-hydroxylation sites is 1. The smallest absolute Gasteiger partial charge is 0.0775 e. The van der Waals surface area contributed by atoms with Gasteiger partial charge < -0.3 is 4.98 Å². The minimum Gasteiger partial charge on any atom is -0.360 e. The molecule has 0 radical (unpaired) electrons. The van der Waals surface area contributed by atoms with Crippen LogP contribution in [0.2, 0.25) is 19.6 Å². The lowest BCUT2D eigenvalue weighted by atomic mass is 10.2. The van der Waals surface area contributed by atoms with Gasteiger partial charge in [0, 0.05) is 26.9 Å².